The Balaban J connectivity index is 2.32. The fourth-order valence-corrected chi connectivity index (χ4v) is 1.95. The maximum Gasteiger partial charge on any atom is 0.240 e. The van der Waals surface area contributed by atoms with E-state index in [1.807, 2.05) is 4.90 Å². The van der Waals surface area contributed by atoms with Gasteiger partial charge in [0, 0.05) is 26.8 Å². The summed E-state index contributed by atoms with van der Waals surface area (Å²) in [5, 5.41) is -0.394. The number of piperidine rings is 1. The maximum absolute atomic E-state index is 11.5. The van der Waals surface area contributed by atoms with Gasteiger partial charge < -0.3 is 9.64 Å². The lowest BCUT2D eigenvalue weighted by Gasteiger charge is -2.32. The van der Waals surface area contributed by atoms with Gasteiger partial charge in [0.25, 0.3) is 0 Å². The van der Waals surface area contributed by atoms with Crippen LogP contribution in [0.2, 0.25) is 0 Å². The molecule has 0 N–H and O–H groups in total. The molecule has 1 aliphatic heterocycles. The summed E-state index contributed by atoms with van der Waals surface area (Å²) in [5.41, 5.74) is 0. The molecule has 0 bridgehead atoms. The van der Waals surface area contributed by atoms with Gasteiger partial charge in [-0.05, 0) is 25.7 Å². The number of hydrogen-bond donors (Lipinski definition) is 0. The number of ether oxygens (including phenoxy) is 1. The van der Waals surface area contributed by atoms with Crippen molar-refractivity contribution in [1.82, 2.24) is 4.90 Å². The summed E-state index contributed by atoms with van der Waals surface area (Å²) in [7, 11) is 1.72. The van der Waals surface area contributed by atoms with E-state index >= 15 is 0 Å². The van der Waals surface area contributed by atoms with Gasteiger partial charge in [-0.25, -0.2) is 0 Å². The van der Waals surface area contributed by atoms with Crippen LogP contribution in [0, 0.1) is 5.92 Å². The molecule has 1 heterocycles. The Morgan fingerprint density at radius 1 is 1.57 bits per heavy atom. The molecule has 3 nitrogen and oxygen atoms in total. The summed E-state index contributed by atoms with van der Waals surface area (Å²) in [6.07, 6.45) is 2.06. The van der Waals surface area contributed by atoms with Crippen molar-refractivity contribution in [3.05, 3.63) is 0 Å². The minimum Gasteiger partial charge on any atom is -0.384 e. The van der Waals surface area contributed by atoms with Crippen LogP contribution in [0.15, 0.2) is 0 Å². The van der Waals surface area contributed by atoms with Crippen LogP contribution in [0.1, 0.15) is 19.8 Å². The summed E-state index contributed by atoms with van der Waals surface area (Å²) >= 11 is 5.74. The van der Waals surface area contributed by atoms with Gasteiger partial charge >= 0.3 is 0 Å². The zero-order chi connectivity index (χ0) is 10.6. The highest BCUT2D eigenvalue weighted by atomic mass is 35.5. The molecule has 82 valence electrons. The van der Waals surface area contributed by atoms with Crippen molar-refractivity contribution in [2.75, 3.05) is 26.8 Å². The van der Waals surface area contributed by atoms with Crippen LogP contribution in [0.4, 0.5) is 0 Å². The zero-order valence-corrected chi connectivity index (χ0v) is 9.59. The molecule has 1 rings (SSSR count). The van der Waals surface area contributed by atoms with E-state index in [4.69, 9.17) is 16.3 Å². The fourth-order valence-electron chi connectivity index (χ4n) is 1.81. The van der Waals surface area contributed by atoms with Crippen molar-refractivity contribution in [1.29, 1.82) is 0 Å². The second kappa shape index (κ2) is 5.56. The summed E-state index contributed by atoms with van der Waals surface area (Å²) in [6.45, 7) is 4.18. The number of carbonyl (C=O) groups is 1. The molecular weight excluding hydrogens is 202 g/mol. The lowest BCUT2D eigenvalue weighted by atomic mass is 9.97. The van der Waals surface area contributed by atoms with Gasteiger partial charge in [0.05, 0.1) is 0 Å². The lowest BCUT2D eigenvalue weighted by Crippen LogP contribution is -2.42. The van der Waals surface area contributed by atoms with E-state index in [1.165, 1.54) is 0 Å². The number of rotatable bonds is 3. The van der Waals surface area contributed by atoms with E-state index in [-0.39, 0.29) is 5.91 Å². The van der Waals surface area contributed by atoms with Crippen molar-refractivity contribution in [3.63, 3.8) is 0 Å². The van der Waals surface area contributed by atoms with Crippen LogP contribution in [-0.2, 0) is 9.53 Å². The van der Waals surface area contributed by atoms with Crippen LogP contribution >= 0.6 is 11.6 Å². The molecule has 0 aromatic carbocycles. The number of nitrogens with zero attached hydrogens (tertiary/aromatic N) is 1. The highest BCUT2D eigenvalue weighted by Gasteiger charge is 2.24. The minimum atomic E-state index is -0.394. The number of likely N-dealkylation sites (tertiary alicyclic amines) is 1. The largest absolute Gasteiger partial charge is 0.384 e. The number of alkyl halides is 1. The molecule has 4 heteroatoms. The van der Waals surface area contributed by atoms with Crippen molar-refractivity contribution in [3.8, 4) is 0 Å². The van der Waals surface area contributed by atoms with E-state index < -0.39 is 5.38 Å². The number of methoxy groups -OCH3 is 1. The van der Waals surface area contributed by atoms with Gasteiger partial charge in [0.2, 0.25) is 5.91 Å². The summed E-state index contributed by atoms with van der Waals surface area (Å²) in [6, 6.07) is 0. The number of carbonyl (C=O) groups excluding carboxylic acids is 1. The summed E-state index contributed by atoms with van der Waals surface area (Å²) in [5.74, 6) is 0.664. The molecule has 0 aromatic heterocycles. The first-order valence-corrected chi connectivity index (χ1v) is 5.50. The SMILES string of the molecule is COCC1CCN(C(=O)C(C)Cl)CC1. The Morgan fingerprint density at radius 2 is 2.14 bits per heavy atom. The topological polar surface area (TPSA) is 29.5 Å². The number of amides is 1. The van der Waals surface area contributed by atoms with E-state index in [0.717, 1.165) is 32.5 Å². The molecule has 1 fully saturated rings. The van der Waals surface area contributed by atoms with Crippen molar-refractivity contribution in [2.45, 2.75) is 25.1 Å². The molecule has 1 aliphatic rings. The molecule has 0 radical (unpaired) electrons. The Labute approximate surface area is 90.4 Å². The quantitative estimate of drug-likeness (QED) is 0.674. The molecule has 14 heavy (non-hydrogen) atoms. The van der Waals surface area contributed by atoms with E-state index in [2.05, 4.69) is 0 Å². The van der Waals surface area contributed by atoms with E-state index in [1.54, 1.807) is 14.0 Å². The molecule has 1 amide bonds. The Bertz CT molecular complexity index is 189. The van der Waals surface area contributed by atoms with E-state index in [0.29, 0.717) is 5.92 Å². The van der Waals surface area contributed by atoms with Crippen LogP contribution in [0.25, 0.3) is 0 Å². The normalized spacial score (nSPS) is 20.9. The van der Waals surface area contributed by atoms with E-state index in [9.17, 15) is 4.79 Å². The minimum absolute atomic E-state index is 0.0579. The second-order valence-corrected chi connectivity index (χ2v) is 4.49. The molecule has 0 saturated carbocycles. The smallest absolute Gasteiger partial charge is 0.240 e. The third-order valence-corrected chi connectivity index (χ3v) is 2.86. The summed E-state index contributed by atoms with van der Waals surface area (Å²) in [4.78, 5) is 13.4. The van der Waals surface area contributed by atoms with Crippen LogP contribution < -0.4 is 0 Å². The molecule has 1 atom stereocenters. The first-order valence-electron chi connectivity index (χ1n) is 5.07. The average Bonchev–Trinajstić information content (AvgIpc) is 2.18. The van der Waals surface area contributed by atoms with Gasteiger partial charge in [0.1, 0.15) is 5.38 Å². The molecule has 0 spiro atoms. The lowest BCUT2D eigenvalue weighted by molar-refractivity contribution is -0.132. The average molecular weight is 220 g/mol. The second-order valence-electron chi connectivity index (χ2n) is 3.84. The number of hydrogen-bond acceptors (Lipinski definition) is 2. The standard InChI is InChI=1S/C10H18ClNO2/c1-8(11)10(13)12-5-3-9(4-6-12)7-14-2/h8-9H,3-7H2,1-2H3. The fraction of sp³-hybridized carbons (Fsp3) is 0.900. The first-order chi connectivity index (χ1) is 6.65. The first kappa shape index (κ1) is 11.8. The highest BCUT2D eigenvalue weighted by Crippen LogP contribution is 2.18. The molecule has 1 saturated heterocycles. The molecule has 0 aromatic rings. The Morgan fingerprint density at radius 3 is 2.57 bits per heavy atom. The highest BCUT2D eigenvalue weighted by molar-refractivity contribution is 6.30. The summed E-state index contributed by atoms with van der Waals surface area (Å²) < 4.78 is 5.09. The van der Waals surface area contributed by atoms with Crippen LogP contribution in [0.5, 0.6) is 0 Å². The zero-order valence-electron chi connectivity index (χ0n) is 8.83. The molecule has 0 aliphatic carbocycles. The predicted octanol–water partition coefficient (Wildman–Crippen LogP) is 1.50. The monoisotopic (exact) mass is 219 g/mol. The third-order valence-electron chi connectivity index (χ3n) is 2.67. The van der Waals surface area contributed by atoms with Crippen molar-refractivity contribution >= 4 is 17.5 Å². The van der Waals surface area contributed by atoms with Crippen LogP contribution in [-0.4, -0.2) is 43.0 Å². The van der Waals surface area contributed by atoms with Gasteiger partial charge in [-0.2, -0.15) is 0 Å². The Hall–Kier alpha value is -0.280. The predicted molar refractivity (Wildman–Crippen MR) is 56.5 cm³/mol. The van der Waals surface area contributed by atoms with Gasteiger partial charge in [0.15, 0.2) is 0 Å². The van der Waals surface area contributed by atoms with Gasteiger partial charge in [-0.15, -0.1) is 11.6 Å². The molecular formula is C10H18ClNO2. The van der Waals surface area contributed by atoms with Gasteiger partial charge in [-0.3, -0.25) is 4.79 Å². The van der Waals surface area contributed by atoms with Crippen molar-refractivity contribution < 1.29 is 9.53 Å². The van der Waals surface area contributed by atoms with Gasteiger partial charge in [-0.1, -0.05) is 0 Å². The maximum atomic E-state index is 11.5. The molecule has 1 unspecified atom stereocenters. The third kappa shape index (κ3) is 3.14. The van der Waals surface area contributed by atoms with Crippen molar-refractivity contribution in [2.24, 2.45) is 5.92 Å². The Kier molecular flexibility index (Phi) is 4.69. The number of halogens is 1. The van der Waals surface area contributed by atoms with Crippen LogP contribution in [0.3, 0.4) is 0 Å².